The summed E-state index contributed by atoms with van der Waals surface area (Å²) in [5, 5.41) is 0. The number of carbonyl (C=O) groups is 2. The van der Waals surface area contributed by atoms with Crippen molar-refractivity contribution in [1.82, 2.24) is 9.88 Å². The Kier molecular flexibility index (Phi) is 8.56. The molecule has 0 aliphatic heterocycles. The van der Waals surface area contributed by atoms with E-state index < -0.39 is 5.97 Å². The largest absolute Gasteiger partial charge is 0.464 e. The number of hydrogen-bond donors (Lipinski definition) is 0. The Hall–Kier alpha value is -2.79. The summed E-state index contributed by atoms with van der Waals surface area (Å²) in [5.74, 6) is -0.636. The fourth-order valence-corrected chi connectivity index (χ4v) is 2.87. The molecule has 5 heteroatoms. The molecule has 28 heavy (non-hydrogen) atoms. The number of ketones is 1. The van der Waals surface area contributed by atoms with Crippen molar-refractivity contribution < 1.29 is 14.3 Å². The molecule has 1 aromatic carbocycles. The second-order valence-electron chi connectivity index (χ2n) is 7.11. The number of aromatic nitrogens is 1. The van der Waals surface area contributed by atoms with Crippen molar-refractivity contribution in [2.75, 3.05) is 26.7 Å². The molecule has 0 amide bonds. The topological polar surface area (TPSA) is 59.5 Å². The Morgan fingerprint density at radius 2 is 1.86 bits per heavy atom. The minimum absolute atomic E-state index is 0.153. The Balaban J connectivity index is 1.79. The van der Waals surface area contributed by atoms with Gasteiger partial charge in [0, 0.05) is 25.5 Å². The normalized spacial score (nSPS) is 11.5. The molecule has 0 aliphatic rings. The van der Waals surface area contributed by atoms with Crippen LogP contribution in [0.3, 0.4) is 0 Å². The Morgan fingerprint density at radius 1 is 1.11 bits per heavy atom. The summed E-state index contributed by atoms with van der Waals surface area (Å²) in [5.41, 5.74) is 4.84. The van der Waals surface area contributed by atoms with Crippen molar-refractivity contribution in [3.8, 4) is 0 Å². The molecular weight excluding hydrogens is 352 g/mol. The second kappa shape index (κ2) is 11.1. The number of nitrogens with zero attached hydrogens (tertiary/aromatic N) is 2. The quantitative estimate of drug-likeness (QED) is 0.466. The molecule has 5 nitrogen and oxygen atoms in total. The predicted octanol–water partition coefficient (Wildman–Crippen LogP) is 3.53. The van der Waals surface area contributed by atoms with Crippen LogP contribution in [-0.2, 0) is 20.7 Å². The highest BCUT2D eigenvalue weighted by Gasteiger charge is 2.07. The minimum Gasteiger partial charge on any atom is -0.464 e. The lowest BCUT2D eigenvalue weighted by atomic mass is 10.0. The molecule has 1 aromatic heterocycles. The molecule has 0 saturated carbocycles. The molecule has 148 valence electrons. The Bertz CT molecular complexity index is 798. The summed E-state index contributed by atoms with van der Waals surface area (Å²) in [6, 6.07) is 12.6. The maximum atomic E-state index is 11.4. The van der Waals surface area contributed by atoms with E-state index in [9.17, 15) is 9.59 Å². The molecule has 0 atom stereocenters. The first-order valence-electron chi connectivity index (χ1n) is 9.41. The third kappa shape index (κ3) is 8.27. The van der Waals surface area contributed by atoms with Crippen LogP contribution in [-0.4, -0.2) is 48.4 Å². The molecule has 2 aromatic rings. The standard InChI is InChI=1S/C23H28N2O3/c1-18(17-25(3)11-12-28-23(27)14-19(2)26)13-20-6-8-21(9-7-20)15-22-5-4-10-24-16-22/h4-10,13,16H,11-12,14-15,17H2,1-3H3. The first-order valence-corrected chi connectivity index (χ1v) is 9.41. The van der Waals surface area contributed by atoms with E-state index in [1.807, 2.05) is 19.3 Å². The maximum absolute atomic E-state index is 11.4. The summed E-state index contributed by atoms with van der Waals surface area (Å²) in [4.78, 5) is 28.5. The van der Waals surface area contributed by atoms with E-state index in [0.29, 0.717) is 13.2 Å². The number of ether oxygens (including phenoxy) is 1. The van der Waals surface area contributed by atoms with Gasteiger partial charge in [-0.15, -0.1) is 0 Å². The van der Waals surface area contributed by atoms with Crippen molar-refractivity contribution in [3.63, 3.8) is 0 Å². The fraction of sp³-hybridized carbons (Fsp3) is 0.348. The van der Waals surface area contributed by atoms with Gasteiger partial charge in [0.05, 0.1) is 0 Å². The molecule has 0 aliphatic carbocycles. The van der Waals surface area contributed by atoms with Gasteiger partial charge in [0.15, 0.2) is 0 Å². The lowest BCUT2D eigenvalue weighted by molar-refractivity contribution is -0.145. The van der Waals surface area contributed by atoms with Gasteiger partial charge in [0.1, 0.15) is 18.8 Å². The van der Waals surface area contributed by atoms with Gasteiger partial charge >= 0.3 is 5.97 Å². The average molecular weight is 380 g/mol. The molecule has 0 bridgehead atoms. The summed E-state index contributed by atoms with van der Waals surface area (Å²) in [7, 11) is 1.98. The van der Waals surface area contributed by atoms with Crippen LogP contribution >= 0.6 is 0 Å². The number of Topliss-reactive ketones (excluding diaryl/α,β-unsaturated/α-hetero) is 1. The fourth-order valence-electron chi connectivity index (χ4n) is 2.87. The number of carbonyl (C=O) groups excluding carboxylic acids is 2. The van der Waals surface area contributed by atoms with Crippen molar-refractivity contribution in [3.05, 3.63) is 71.1 Å². The third-order valence-corrected chi connectivity index (χ3v) is 4.17. The molecule has 0 unspecified atom stereocenters. The van der Waals surface area contributed by atoms with E-state index in [1.54, 1.807) is 6.20 Å². The lowest BCUT2D eigenvalue weighted by Gasteiger charge is -2.17. The van der Waals surface area contributed by atoms with Crippen molar-refractivity contribution in [1.29, 1.82) is 0 Å². The molecule has 0 spiro atoms. The van der Waals surface area contributed by atoms with Gasteiger partial charge in [-0.2, -0.15) is 0 Å². The van der Waals surface area contributed by atoms with Crippen LogP contribution in [0.5, 0.6) is 0 Å². The Labute approximate surface area is 167 Å². The first kappa shape index (κ1) is 21.5. The molecule has 0 radical (unpaired) electrons. The van der Waals surface area contributed by atoms with E-state index in [0.717, 1.165) is 18.5 Å². The summed E-state index contributed by atoms with van der Waals surface area (Å²) in [6.45, 7) is 5.16. The molecule has 0 saturated heterocycles. The number of pyridine rings is 1. The van der Waals surface area contributed by atoms with Gasteiger partial charge in [-0.3, -0.25) is 19.5 Å². The zero-order chi connectivity index (χ0) is 20.4. The predicted molar refractivity (Wildman–Crippen MR) is 111 cm³/mol. The number of likely N-dealkylation sites (N-methyl/N-ethyl adjacent to an activating group) is 1. The number of esters is 1. The maximum Gasteiger partial charge on any atom is 0.313 e. The first-order chi connectivity index (χ1) is 13.4. The van der Waals surface area contributed by atoms with Crippen LogP contribution in [0.15, 0.2) is 54.4 Å². The Morgan fingerprint density at radius 3 is 2.50 bits per heavy atom. The van der Waals surface area contributed by atoms with Crippen LogP contribution in [0, 0.1) is 0 Å². The monoisotopic (exact) mass is 380 g/mol. The van der Waals surface area contributed by atoms with Gasteiger partial charge in [-0.25, -0.2) is 0 Å². The summed E-state index contributed by atoms with van der Waals surface area (Å²) >= 11 is 0. The minimum atomic E-state index is -0.459. The van der Waals surface area contributed by atoms with Crippen molar-refractivity contribution in [2.45, 2.75) is 26.7 Å². The van der Waals surface area contributed by atoms with Gasteiger partial charge in [0.2, 0.25) is 0 Å². The van der Waals surface area contributed by atoms with Crippen LogP contribution in [0.25, 0.3) is 6.08 Å². The smallest absolute Gasteiger partial charge is 0.313 e. The van der Waals surface area contributed by atoms with Crippen molar-refractivity contribution >= 4 is 17.8 Å². The second-order valence-corrected chi connectivity index (χ2v) is 7.11. The zero-order valence-corrected chi connectivity index (χ0v) is 16.9. The van der Waals surface area contributed by atoms with Crippen LogP contribution in [0.1, 0.15) is 37.0 Å². The van der Waals surface area contributed by atoms with Crippen LogP contribution in [0.4, 0.5) is 0 Å². The average Bonchev–Trinajstić information content (AvgIpc) is 2.63. The van der Waals surface area contributed by atoms with E-state index >= 15 is 0 Å². The number of rotatable bonds is 10. The summed E-state index contributed by atoms with van der Waals surface area (Å²) < 4.78 is 5.06. The number of benzene rings is 1. The summed E-state index contributed by atoms with van der Waals surface area (Å²) in [6.07, 6.45) is 6.56. The molecule has 0 fully saturated rings. The van der Waals surface area contributed by atoms with E-state index in [-0.39, 0.29) is 12.2 Å². The van der Waals surface area contributed by atoms with Gasteiger partial charge in [-0.05, 0) is 50.1 Å². The van der Waals surface area contributed by atoms with Crippen LogP contribution in [0.2, 0.25) is 0 Å². The molecule has 0 N–H and O–H groups in total. The van der Waals surface area contributed by atoms with E-state index in [1.165, 1.54) is 23.6 Å². The third-order valence-electron chi connectivity index (χ3n) is 4.17. The van der Waals surface area contributed by atoms with Crippen molar-refractivity contribution in [2.24, 2.45) is 0 Å². The highest BCUT2D eigenvalue weighted by atomic mass is 16.5. The highest BCUT2D eigenvalue weighted by Crippen LogP contribution is 2.13. The zero-order valence-electron chi connectivity index (χ0n) is 16.9. The SMILES string of the molecule is CC(=O)CC(=O)OCCN(C)CC(C)=Cc1ccc(Cc2cccnc2)cc1. The molecular formula is C23H28N2O3. The van der Waals surface area contributed by atoms with E-state index in [2.05, 4.69) is 53.2 Å². The van der Waals surface area contributed by atoms with E-state index in [4.69, 9.17) is 4.74 Å². The van der Waals surface area contributed by atoms with Gasteiger partial charge in [-0.1, -0.05) is 42.0 Å². The lowest BCUT2D eigenvalue weighted by Crippen LogP contribution is -2.26. The van der Waals surface area contributed by atoms with Gasteiger partial charge < -0.3 is 4.74 Å². The molecule has 2 rings (SSSR count). The number of hydrogen-bond acceptors (Lipinski definition) is 5. The highest BCUT2D eigenvalue weighted by molar-refractivity contribution is 5.94. The molecule has 1 heterocycles. The van der Waals surface area contributed by atoms with Crippen LogP contribution < -0.4 is 0 Å². The van der Waals surface area contributed by atoms with Gasteiger partial charge in [0.25, 0.3) is 0 Å².